The second-order valence-corrected chi connectivity index (χ2v) is 20.4. The summed E-state index contributed by atoms with van der Waals surface area (Å²) in [6, 6.07) is 30.3. The molecule has 3 aromatic carbocycles. The van der Waals surface area contributed by atoms with Crippen LogP contribution in [0.3, 0.4) is 0 Å². The Kier molecular flexibility index (Phi) is 22.5. The number of nitrogens with one attached hydrogen (secondary N) is 1. The molecule has 15 heteroatoms. The Balaban J connectivity index is 0.000000249. The van der Waals surface area contributed by atoms with E-state index in [1.165, 1.54) is 16.7 Å². The topological polar surface area (TPSA) is 211 Å². The van der Waals surface area contributed by atoms with E-state index in [-0.39, 0.29) is 47.9 Å². The monoisotopic (exact) mass is 936 g/mol. The number of nitrogens with two attached hydrogens (primary N) is 1. The largest absolute Gasteiger partial charge is 0.444 e. The summed E-state index contributed by atoms with van der Waals surface area (Å²) in [7, 11) is 0. The van der Waals surface area contributed by atoms with Crippen molar-refractivity contribution in [2.45, 2.75) is 155 Å². The van der Waals surface area contributed by atoms with Gasteiger partial charge in [0, 0.05) is 51.2 Å². The number of likely N-dealkylation sites (tertiary alicyclic amines) is 3. The average Bonchev–Trinajstić information content (AvgIpc) is 4.05. The predicted molar refractivity (Wildman–Crippen MR) is 261 cm³/mol. The lowest BCUT2D eigenvalue weighted by molar-refractivity contribution is -0.00996. The number of hydrogen-bond donors (Lipinski definition) is 4. The molecule has 67 heavy (non-hydrogen) atoms. The second-order valence-electron chi connectivity index (χ2n) is 20.4. The maximum Gasteiger partial charge on any atom is 0.410 e. The fourth-order valence-electron chi connectivity index (χ4n) is 7.59. The van der Waals surface area contributed by atoms with Crippen molar-refractivity contribution in [3.05, 3.63) is 108 Å². The number of piperidine rings is 3. The number of rotatable bonds is 7. The third kappa shape index (κ3) is 21.8. The van der Waals surface area contributed by atoms with Gasteiger partial charge < -0.3 is 60.4 Å². The van der Waals surface area contributed by atoms with Gasteiger partial charge in [-0.05, 0) is 111 Å². The Morgan fingerprint density at radius 1 is 0.597 bits per heavy atom. The summed E-state index contributed by atoms with van der Waals surface area (Å²) in [5, 5.41) is 23.8. The summed E-state index contributed by atoms with van der Waals surface area (Å²) < 4.78 is 21.4. The van der Waals surface area contributed by atoms with Gasteiger partial charge in [0.05, 0.1) is 31.4 Å². The van der Waals surface area contributed by atoms with E-state index in [1.807, 2.05) is 129 Å². The zero-order chi connectivity index (χ0) is 48.5. The van der Waals surface area contributed by atoms with Crippen LogP contribution in [-0.2, 0) is 38.5 Å². The molecule has 4 saturated heterocycles. The molecule has 0 aliphatic carbocycles. The van der Waals surface area contributed by atoms with Crippen molar-refractivity contribution in [1.82, 2.24) is 20.0 Å². The van der Waals surface area contributed by atoms with Gasteiger partial charge in [-0.15, -0.1) is 0 Å². The van der Waals surface area contributed by atoms with Crippen LogP contribution in [0.1, 0.15) is 105 Å². The molecule has 0 bridgehead atoms. The summed E-state index contributed by atoms with van der Waals surface area (Å²) in [5.41, 5.74) is 7.60. The first kappa shape index (κ1) is 56.6. The normalized spacial score (nSPS) is 22.3. The lowest BCUT2D eigenvalue weighted by atomic mass is 9.89. The summed E-state index contributed by atoms with van der Waals surface area (Å²) >= 11 is 0. The average molecular weight is 936 g/mol. The van der Waals surface area contributed by atoms with Gasteiger partial charge in [0.15, 0.2) is 0 Å². The van der Waals surface area contributed by atoms with E-state index < -0.39 is 22.9 Å². The highest BCUT2D eigenvalue weighted by molar-refractivity contribution is 5.69. The number of fused-ring (bicyclic) bond motifs is 1. The van der Waals surface area contributed by atoms with Crippen LogP contribution in [0.15, 0.2) is 91.0 Å². The van der Waals surface area contributed by atoms with Gasteiger partial charge in [0.1, 0.15) is 22.9 Å². The van der Waals surface area contributed by atoms with Crippen LogP contribution >= 0.6 is 0 Å². The number of hydrogen-bond acceptors (Lipinski definition) is 11. The predicted octanol–water partition coefficient (Wildman–Crippen LogP) is 7.10. The number of ether oxygens (including phenoxy) is 4. The van der Waals surface area contributed by atoms with Crippen LogP contribution in [0.2, 0.25) is 0 Å². The van der Waals surface area contributed by atoms with Gasteiger partial charge in [0.25, 0.3) is 0 Å². The van der Waals surface area contributed by atoms with Crippen molar-refractivity contribution in [2.24, 2.45) is 11.7 Å². The molecular weight excluding hydrogens is 855 g/mol. The number of carbonyl (C=O) groups excluding carboxylic acids is 3. The minimum atomic E-state index is -0.579. The van der Waals surface area contributed by atoms with Crippen molar-refractivity contribution in [1.29, 1.82) is 0 Å². The first-order valence-electron chi connectivity index (χ1n) is 23.6. The highest BCUT2D eigenvalue weighted by atomic mass is 16.6. The third-order valence-electron chi connectivity index (χ3n) is 11.1. The van der Waals surface area contributed by atoms with Crippen LogP contribution in [-0.4, -0.2) is 135 Å². The summed E-state index contributed by atoms with van der Waals surface area (Å²) in [6.07, 6.45) is 3.02. The zero-order valence-corrected chi connectivity index (χ0v) is 41.5. The van der Waals surface area contributed by atoms with Gasteiger partial charge in [-0.2, -0.15) is 0 Å². The van der Waals surface area contributed by atoms with Crippen LogP contribution in [0, 0.1) is 5.92 Å². The van der Waals surface area contributed by atoms with E-state index in [2.05, 4.69) is 29.6 Å². The van der Waals surface area contributed by atoms with Crippen molar-refractivity contribution < 1.29 is 49.0 Å². The molecule has 0 saturated carbocycles. The van der Waals surface area contributed by atoms with Gasteiger partial charge in [-0.3, -0.25) is 0 Å². The number of aryl methyl sites for hydroxylation is 1. The lowest BCUT2D eigenvalue weighted by Gasteiger charge is -2.37. The quantitative estimate of drug-likeness (QED) is 0.139. The number of aliphatic hydroxyl groups excluding tert-OH is 2. The minimum absolute atomic E-state index is 0. The third-order valence-corrected chi connectivity index (χ3v) is 11.1. The maximum absolute atomic E-state index is 12.2. The molecule has 4 heterocycles. The van der Waals surface area contributed by atoms with Gasteiger partial charge >= 0.3 is 18.3 Å². The maximum atomic E-state index is 12.2. The Morgan fingerprint density at radius 3 is 1.48 bits per heavy atom. The molecule has 7 N–H and O–H groups in total. The molecule has 0 radical (unpaired) electrons. The molecule has 4 fully saturated rings. The summed E-state index contributed by atoms with van der Waals surface area (Å²) in [4.78, 5) is 40.9. The molecule has 3 amide bonds. The number of β-amino-alcohol motifs (C(OH)–C–C–N with tert-alkyl or cyclic N) is 1. The first-order chi connectivity index (χ1) is 31.1. The summed E-state index contributed by atoms with van der Waals surface area (Å²) in [6.45, 7) is 21.6. The lowest BCUT2D eigenvalue weighted by Crippen LogP contribution is -2.54. The molecule has 2 unspecified atom stereocenters. The Bertz CT molecular complexity index is 1890. The number of aliphatic hydroxyl groups is 2. The van der Waals surface area contributed by atoms with Crippen LogP contribution in [0.5, 0.6) is 0 Å². The molecule has 15 nitrogen and oxygen atoms in total. The van der Waals surface area contributed by atoms with E-state index >= 15 is 0 Å². The Hall–Kier alpha value is -4.77. The van der Waals surface area contributed by atoms with E-state index in [1.54, 1.807) is 14.7 Å². The molecular formula is C52H81N5O10. The molecule has 6 atom stereocenters. The van der Waals surface area contributed by atoms with E-state index in [0.717, 1.165) is 32.4 Å². The first-order valence-corrected chi connectivity index (χ1v) is 23.6. The zero-order valence-electron chi connectivity index (χ0n) is 41.5. The van der Waals surface area contributed by atoms with Crippen LogP contribution < -0.4 is 11.1 Å². The molecule has 4 aliphatic heterocycles. The van der Waals surface area contributed by atoms with Crippen molar-refractivity contribution >= 4 is 18.3 Å². The SMILES string of the molecule is CC(C)(C)OC(=O)N1CCC2OC2C1.CC(C)(C)OC(=O)N1CC[C@H](NCc2ccccc2)[C@@H](O)C1.CC(C)(C)OC(=O)N1CC[C@H](O)[C@@H](CCc2ccccc2)C1.NCc1ccccc1.O. The minimum Gasteiger partial charge on any atom is -0.444 e. The number of benzene rings is 3. The van der Waals surface area contributed by atoms with E-state index in [4.69, 9.17) is 24.7 Å². The van der Waals surface area contributed by atoms with Crippen LogP contribution in [0.4, 0.5) is 14.4 Å². The fourth-order valence-corrected chi connectivity index (χ4v) is 7.59. The van der Waals surface area contributed by atoms with Gasteiger partial charge in [0.2, 0.25) is 0 Å². The standard InChI is InChI=1S/C18H27NO3.C17H26N2O3.C10H17NO3.C7H9N.H2O/c1-18(2,3)22-17(21)19-12-11-16(20)15(13-19)10-9-14-7-5-4-6-8-14;1-17(2,3)22-16(21)19-10-9-14(15(20)12-19)18-11-13-7-5-4-6-8-13;1-10(2,3)14-9(12)11-5-4-7-8(6-11)13-7;8-6-7-4-2-1-3-5-7;/h4-8,15-16,20H,9-13H2,1-3H3;4-8,14-15,18,20H,9-12H2,1-3H3;7-8H,4-6H2,1-3H3;1-5H,6,8H2;1H2/t15-,16-;14-,15-;;;/m00.../s1. The smallest absolute Gasteiger partial charge is 0.410 e. The van der Waals surface area contributed by atoms with Crippen molar-refractivity contribution in [2.75, 3.05) is 39.3 Å². The summed E-state index contributed by atoms with van der Waals surface area (Å²) in [5.74, 6) is 0.112. The molecule has 0 spiro atoms. The highest BCUT2D eigenvalue weighted by Gasteiger charge is 2.45. The molecule has 374 valence electrons. The van der Waals surface area contributed by atoms with Crippen LogP contribution in [0.25, 0.3) is 0 Å². The molecule has 7 rings (SSSR count). The Labute approximate surface area is 399 Å². The van der Waals surface area contributed by atoms with Gasteiger partial charge in [-0.25, -0.2) is 14.4 Å². The number of epoxide rings is 1. The fraction of sp³-hybridized carbons (Fsp3) is 0.596. The molecule has 4 aliphatic rings. The number of carbonyl (C=O) groups is 3. The second kappa shape index (κ2) is 26.7. The molecule has 3 aromatic rings. The van der Waals surface area contributed by atoms with Gasteiger partial charge in [-0.1, -0.05) is 91.0 Å². The van der Waals surface area contributed by atoms with Crippen molar-refractivity contribution in [3.63, 3.8) is 0 Å². The van der Waals surface area contributed by atoms with E-state index in [9.17, 15) is 24.6 Å². The number of nitrogens with zero attached hydrogens (tertiary/aromatic N) is 3. The Morgan fingerprint density at radius 2 is 1.03 bits per heavy atom. The van der Waals surface area contributed by atoms with Crippen molar-refractivity contribution in [3.8, 4) is 0 Å². The molecule has 0 aromatic heterocycles. The number of amides is 3. The highest BCUT2D eigenvalue weighted by Crippen LogP contribution is 2.31. The van der Waals surface area contributed by atoms with E-state index in [0.29, 0.717) is 58.2 Å².